The number of halogens is 1. The monoisotopic (exact) mass is 413 g/mol. The quantitative estimate of drug-likeness (QED) is 0.601. The largest absolute Gasteiger partial charge is 0.493 e. The van der Waals surface area contributed by atoms with Crippen molar-refractivity contribution < 1.29 is 9.47 Å². The number of pyridine rings is 2. The van der Waals surface area contributed by atoms with E-state index in [0.29, 0.717) is 18.1 Å². The average molecular weight is 414 g/mol. The van der Waals surface area contributed by atoms with Gasteiger partial charge in [0.25, 0.3) is 0 Å². The summed E-state index contributed by atoms with van der Waals surface area (Å²) in [6.45, 7) is 1.93. The zero-order chi connectivity index (χ0) is 18.2. The first-order chi connectivity index (χ1) is 12.8. The molecule has 3 rings (SSSR count). The normalized spacial score (nSPS) is 10.5. The van der Waals surface area contributed by atoms with Crippen LogP contribution < -0.4 is 14.8 Å². The van der Waals surface area contributed by atoms with Gasteiger partial charge in [-0.05, 0) is 57.4 Å². The summed E-state index contributed by atoms with van der Waals surface area (Å²) >= 11 is 3.59. The van der Waals surface area contributed by atoms with Crippen LogP contribution in [0.5, 0.6) is 11.5 Å². The first kappa shape index (κ1) is 18.4. The first-order valence-corrected chi connectivity index (χ1v) is 9.03. The molecule has 0 bridgehead atoms. The van der Waals surface area contributed by atoms with Crippen LogP contribution in [-0.4, -0.2) is 17.1 Å². The molecule has 134 valence electrons. The van der Waals surface area contributed by atoms with Gasteiger partial charge < -0.3 is 14.8 Å². The van der Waals surface area contributed by atoms with E-state index in [1.54, 1.807) is 31.9 Å². The number of nitrogens with zero attached hydrogens (tertiary/aromatic N) is 2. The van der Waals surface area contributed by atoms with Crippen molar-refractivity contribution >= 4 is 15.9 Å². The standard InChI is InChI=1S/C20H20BrN3O2/c1-25-19-10-17(13-24-11-15-4-7-22-8-5-15)9-18(21)20(19)26-14-16-3-2-6-23-12-16/h2-10,12,24H,11,13-14H2,1H3. The van der Waals surface area contributed by atoms with E-state index in [1.165, 1.54) is 5.56 Å². The van der Waals surface area contributed by atoms with Crippen LogP contribution in [0.25, 0.3) is 0 Å². The predicted octanol–water partition coefficient (Wildman–Crippen LogP) is 4.12. The Kier molecular flexibility index (Phi) is 6.57. The first-order valence-electron chi connectivity index (χ1n) is 8.24. The second-order valence-electron chi connectivity index (χ2n) is 5.72. The van der Waals surface area contributed by atoms with E-state index in [-0.39, 0.29) is 0 Å². The molecule has 0 aliphatic heterocycles. The van der Waals surface area contributed by atoms with E-state index >= 15 is 0 Å². The summed E-state index contributed by atoms with van der Waals surface area (Å²) in [6, 6.07) is 11.9. The smallest absolute Gasteiger partial charge is 0.175 e. The maximum Gasteiger partial charge on any atom is 0.175 e. The molecule has 0 unspecified atom stereocenters. The molecule has 0 aliphatic carbocycles. The van der Waals surface area contributed by atoms with Crippen LogP contribution in [-0.2, 0) is 19.7 Å². The van der Waals surface area contributed by atoms with Crippen LogP contribution in [0.15, 0.2) is 65.7 Å². The molecule has 0 saturated carbocycles. The van der Waals surface area contributed by atoms with Crippen LogP contribution >= 0.6 is 15.9 Å². The van der Waals surface area contributed by atoms with E-state index in [2.05, 4.69) is 31.2 Å². The molecular formula is C20H20BrN3O2. The lowest BCUT2D eigenvalue weighted by molar-refractivity contribution is 0.282. The molecule has 0 radical (unpaired) electrons. The molecule has 2 heterocycles. The number of methoxy groups -OCH3 is 1. The Morgan fingerprint density at radius 3 is 2.50 bits per heavy atom. The third-order valence-electron chi connectivity index (χ3n) is 3.80. The molecule has 5 nitrogen and oxygen atoms in total. The summed E-state index contributed by atoms with van der Waals surface area (Å²) in [4.78, 5) is 8.13. The SMILES string of the molecule is COc1cc(CNCc2ccncc2)cc(Br)c1OCc1cccnc1. The van der Waals surface area contributed by atoms with Gasteiger partial charge in [0.2, 0.25) is 0 Å². The van der Waals surface area contributed by atoms with E-state index in [0.717, 1.165) is 28.7 Å². The van der Waals surface area contributed by atoms with Gasteiger partial charge in [-0.2, -0.15) is 0 Å². The number of hydrogen-bond acceptors (Lipinski definition) is 5. The van der Waals surface area contributed by atoms with Crippen LogP contribution in [0.3, 0.4) is 0 Å². The molecule has 26 heavy (non-hydrogen) atoms. The van der Waals surface area contributed by atoms with Crippen molar-refractivity contribution in [2.24, 2.45) is 0 Å². The molecule has 2 aromatic heterocycles. The summed E-state index contributed by atoms with van der Waals surface area (Å²) in [5, 5.41) is 3.42. The lowest BCUT2D eigenvalue weighted by atomic mass is 10.2. The third-order valence-corrected chi connectivity index (χ3v) is 4.39. The highest BCUT2D eigenvalue weighted by atomic mass is 79.9. The maximum absolute atomic E-state index is 5.93. The second kappa shape index (κ2) is 9.31. The topological polar surface area (TPSA) is 56.3 Å². The van der Waals surface area contributed by atoms with Crippen molar-refractivity contribution in [1.82, 2.24) is 15.3 Å². The minimum Gasteiger partial charge on any atom is -0.493 e. The average Bonchev–Trinajstić information content (AvgIpc) is 2.68. The number of ether oxygens (including phenoxy) is 2. The van der Waals surface area contributed by atoms with Crippen LogP contribution in [0.1, 0.15) is 16.7 Å². The van der Waals surface area contributed by atoms with E-state index in [4.69, 9.17) is 9.47 Å². The van der Waals surface area contributed by atoms with E-state index in [1.807, 2.05) is 36.4 Å². The molecule has 1 aromatic carbocycles. The fraction of sp³-hybridized carbons (Fsp3) is 0.200. The summed E-state index contributed by atoms with van der Waals surface area (Å²) in [5.41, 5.74) is 3.31. The Balaban J connectivity index is 1.64. The van der Waals surface area contributed by atoms with Gasteiger partial charge in [-0.25, -0.2) is 0 Å². The fourth-order valence-electron chi connectivity index (χ4n) is 2.51. The molecular weight excluding hydrogens is 394 g/mol. The van der Waals surface area contributed by atoms with Gasteiger partial charge in [0.15, 0.2) is 11.5 Å². The zero-order valence-electron chi connectivity index (χ0n) is 14.5. The summed E-state index contributed by atoms with van der Waals surface area (Å²) < 4.78 is 12.3. The molecule has 0 saturated heterocycles. The molecule has 0 fully saturated rings. The zero-order valence-corrected chi connectivity index (χ0v) is 16.1. The number of hydrogen-bond donors (Lipinski definition) is 1. The van der Waals surface area contributed by atoms with Gasteiger partial charge >= 0.3 is 0 Å². The van der Waals surface area contributed by atoms with Crippen LogP contribution in [0.2, 0.25) is 0 Å². The predicted molar refractivity (Wildman–Crippen MR) is 104 cm³/mol. The highest BCUT2D eigenvalue weighted by Crippen LogP contribution is 2.37. The molecule has 0 amide bonds. The van der Waals surface area contributed by atoms with Crippen LogP contribution in [0.4, 0.5) is 0 Å². The van der Waals surface area contributed by atoms with Crippen molar-refractivity contribution in [3.8, 4) is 11.5 Å². The highest BCUT2D eigenvalue weighted by molar-refractivity contribution is 9.10. The Bertz CT molecular complexity index is 829. The molecule has 6 heteroatoms. The van der Waals surface area contributed by atoms with Gasteiger partial charge in [0.1, 0.15) is 6.61 Å². The Hall–Kier alpha value is -2.44. The Labute approximate surface area is 161 Å². The van der Waals surface area contributed by atoms with Gasteiger partial charge in [-0.1, -0.05) is 6.07 Å². The Morgan fingerprint density at radius 1 is 0.962 bits per heavy atom. The van der Waals surface area contributed by atoms with Gasteiger partial charge in [0.05, 0.1) is 11.6 Å². The highest BCUT2D eigenvalue weighted by Gasteiger charge is 2.12. The van der Waals surface area contributed by atoms with Gasteiger partial charge in [-0.3, -0.25) is 9.97 Å². The van der Waals surface area contributed by atoms with Crippen molar-refractivity contribution in [3.63, 3.8) is 0 Å². The Morgan fingerprint density at radius 2 is 1.77 bits per heavy atom. The van der Waals surface area contributed by atoms with Crippen molar-refractivity contribution in [2.75, 3.05) is 7.11 Å². The minimum atomic E-state index is 0.433. The maximum atomic E-state index is 5.93. The van der Waals surface area contributed by atoms with Crippen LogP contribution in [0, 0.1) is 0 Å². The van der Waals surface area contributed by atoms with Gasteiger partial charge in [0, 0.05) is 43.4 Å². The number of nitrogens with one attached hydrogen (secondary N) is 1. The van der Waals surface area contributed by atoms with Gasteiger partial charge in [-0.15, -0.1) is 0 Å². The second-order valence-corrected chi connectivity index (χ2v) is 6.57. The van der Waals surface area contributed by atoms with Crippen molar-refractivity contribution in [3.05, 3.63) is 82.3 Å². The van der Waals surface area contributed by atoms with Crippen molar-refractivity contribution in [2.45, 2.75) is 19.7 Å². The van der Waals surface area contributed by atoms with E-state index < -0.39 is 0 Å². The van der Waals surface area contributed by atoms with Crippen molar-refractivity contribution in [1.29, 1.82) is 0 Å². The van der Waals surface area contributed by atoms with E-state index in [9.17, 15) is 0 Å². The summed E-state index contributed by atoms with van der Waals surface area (Å²) in [7, 11) is 1.65. The summed E-state index contributed by atoms with van der Waals surface area (Å²) in [6.07, 6.45) is 7.13. The molecule has 1 N–H and O–H groups in total. The summed E-state index contributed by atoms with van der Waals surface area (Å²) in [5.74, 6) is 1.39. The lowest BCUT2D eigenvalue weighted by Crippen LogP contribution is -2.13. The lowest BCUT2D eigenvalue weighted by Gasteiger charge is -2.15. The molecule has 0 spiro atoms. The fourth-order valence-corrected chi connectivity index (χ4v) is 3.11. The molecule has 0 aliphatic rings. The number of rotatable bonds is 8. The minimum absolute atomic E-state index is 0.433. The molecule has 0 atom stereocenters. The molecule has 3 aromatic rings. The number of aromatic nitrogens is 2. The number of benzene rings is 1. The third kappa shape index (κ3) is 5.03.